The monoisotopic (exact) mass is 115 g/mol. The van der Waals surface area contributed by atoms with Gasteiger partial charge in [-0.05, 0) is 6.08 Å². The molecule has 1 aliphatic heterocycles. The lowest BCUT2D eigenvalue weighted by Gasteiger charge is -2.05. The highest BCUT2D eigenvalue weighted by atomic mass is 35.5. The smallest absolute Gasteiger partial charge is 0.176 e. The van der Waals surface area contributed by atoms with Crippen LogP contribution in [0, 0.1) is 6.67 Å². The van der Waals surface area contributed by atoms with Gasteiger partial charge in [0, 0.05) is 24.2 Å². The van der Waals surface area contributed by atoms with Crippen molar-refractivity contribution in [2.24, 2.45) is 4.99 Å². The third kappa shape index (κ3) is 1.20. The van der Waals surface area contributed by atoms with Crippen LogP contribution in [0.5, 0.6) is 0 Å². The quantitative estimate of drug-likeness (QED) is 0.433. The molecule has 0 aromatic heterocycles. The Labute approximate surface area is 47.2 Å². The number of hydrogen-bond acceptors (Lipinski definition) is 2. The average Bonchev–Trinajstić information content (AvgIpc) is 1.69. The molecule has 0 spiro atoms. The Morgan fingerprint density at radius 1 is 1.57 bits per heavy atom. The molecule has 7 heavy (non-hydrogen) atoms. The molecule has 0 aliphatic carbocycles. The van der Waals surface area contributed by atoms with E-state index in [1.165, 1.54) is 11.1 Å². The van der Waals surface area contributed by atoms with E-state index >= 15 is 0 Å². The molecule has 0 unspecified atom stereocenters. The van der Waals surface area contributed by atoms with Gasteiger partial charge in [-0.15, -0.1) is 0 Å². The molecule has 1 heterocycles. The van der Waals surface area contributed by atoms with Gasteiger partial charge in [-0.1, -0.05) is 0 Å². The molecule has 1 rings (SSSR count). The van der Waals surface area contributed by atoms with Crippen molar-refractivity contribution in [1.82, 2.24) is 4.42 Å². The van der Waals surface area contributed by atoms with Gasteiger partial charge in [0.2, 0.25) is 0 Å². The minimum absolute atomic E-state index is 1.36. The zero-order valence-electron chi connectivity index (χ0n) is 3.58. The number of nitrogens with zero attached hydrogens (tertiary/aromatic N) is 2. The molecule has 0 fully saturated rings. The SMILES string of the molecule is ClN1[CH]N=CC=C1. The van der Waals surface area contributed by atoms with E-state index < -0.39 is 0 Å². The van der Waals surface area contributed by atoms with Gasteiger partial charge in [-0.2, -0.15) is 0 Å². The molecule has 0 aromatic rings. The standard InChI is InChI=1S/C4H4ClN2/c5-7-3-1-2-6-4-7/h1-4H. The Kier molecular flexibility index (Phi) is 1.32. The van der Waals surface area contributed by atoms with Crippen LogP contribution in [-0.2, 0) is 0 Å². The minimum Gasteiger partial charge on any atom is -0.264 e. The second-order valence-electron chi connectivity index (χ2n) is 1.10. The summed E-state index contributed by atoms with van der Waals surface area (Å²) in [5.74, 6) is 0. The van der Waals surface area contributed by atoms with E-state index in [1.807, 2.05) is 0 Å². The molecule has 0 amide bonds. The Hall–Kier alpha value is -0.500. The van der Waals surface area contributed by atoms with Crippen LogP contribution in [0.3, 0.4) is 0 Å². The lowest BCUT2D eigenvalue weighted by atomic mass is 10.6. The Morgan fingerprint density at radius 2 is 2.43 bits per heavy atom. The maximum atomic E-state index is 5.39. The van der Waals surface area contributed by atoms with E-state index in [4.69, 9.17) is 11.8 Å². The topological polar surface area (TPSA) is 15.6 Å². The summed E-state index contributed by atoms with van der Waals surface area (Å²) < 4.78 is 1.36. The van der Waals surface area contributed by atoms with Crippen molar-refractivity contribution in [3.05, 3.63) is 18.9 Å². The van der Waals surface area contributed by atoms with Crippen LogP contribution < -0.4 is 0 Å². The van der Waals surface area contributed by atoms with Gasteiger partial charge in [0.25, 0.3) is 0 Å². The Morgan fingerprint density at radius 3 is 2.71 bits per heavy atom. The van der Waals surface area contributed by atoms with Gasteiger partial charge in [0.1, 0.15) is 0 Å². The number of hydrogen-bond donors (Lipinski definition) is 0. The van der Waals surface area contributed by atoms with Crippen LogP contribution >= 0.6 is 11.8 Å². The van der Waals surface area contributed by atoms with Gasteiger partial charge in [-0.3, -0.25) is 9.41 Å². The second-order valence-corrected chi connectivity index (χ2v) is 1.49. The first-order valence-corrected chi connectivity index (χ1v) is 2.21. The van der Waals surface area contributed by atoms with E-state index in [-0.39, 0.29) is 0 Å². The maximum absolute atomic E-state index is 5.39. The van der Waals surface area contributed by atoms with Crippen molar-refractivity contribution >= 4 is 18.0 Å². The van der Waals surface area contributed by atoms with E-state index in [0.717, 1.165) is 0 Å². The molecule has 37 valence electrons. The van der Waals surface area contributed by atoms with Crippen molar-refractivity contribution in [1.29, 1.82) is 0 Å². The van der Waals surface area contributed by atoms with E-state index in [0.29, 0.717) is 0 Å². The fourth-order valence-corrected chi connectivity index (χ4v) is 0.427. The third-order valence-corrected chi connectivity index (χ3v) is 0.778. The van der Waals surface area contributed by atoms with E-state index in [9.17, 15) is 0 Å². The van der Waals surface area contributed by atoms with Crippen LogP contribution in [-0.4, -0.2) is 10.6 Å². The van der Waals surface area contributed by atoms with Crippen LogP contribution in [0.25, 0.3) is 0 Å². The summed E-state index contributed by atoms with van der Waals surface area (Å²) in [7, 11) is 0. The van der Waals surface area contributed by atoms with Gasteiger partial charge in [-0.25, -0.2) is 0 Å². The molecule has 0 aromatic carbocycles. The lowest BCUT2D eigenvalue weighted by Crippen LogP contribution is -1.99. The highest BCUT2D eigenvalue weighted by Gasteiger charge is 1.91. The molecule has 0 saturated carbocycles. The average molecular weight is 116 g/mol. The van der Waals surface area contributed by atoms with Gasteiger partial charge in [0.05, 0.1) is 0 Å². The molecular formula is C4H4ClN2. The first kappa shape index (κ1) is 4.65. The fourth-order valence-electron chi connectivity index (χ4n) is 0.311. The first-order valence-electron chi connectivity index (χ1n) is 1.87. The molecule has 0 N–H and O–H groups in total. The summed E-state index contributed by atoms with van der Waals surface area (Å²) >= 11 is 5.39. The van der Waals surface area contributed by atoms with Crippen LogP contribution in [0.15, 0.2) is 17.3 Å². The van der Waals surface area contributed by atoms with Crippen molar-refractivity contribution in [3.63, 3.8) is 0 Å². The highest BCUT2D eigenvalue weighted by Crippen LogP contribution is 2.01. The second kappa shape index (κ2) is 1.98. The zero-order chi connectivity index (χ0) is 5.11. The Balaban J connectivity index is 2.49. The summed E-state index contributed by atoms with van der Waals surface area (Å²) in [6, 6.07) is 0. The predicted octanol–water partition coefficient (Wildman–Crippen LogP) is 1.16. The summed E-state index contributed by atoms with van der Waals surface area (Å²) in [5, 5.41) is 0. The molecule has 0 saturated heterocycles. The first-order chi connectivity index (χ1) is 3.39. The Bertz CT molecular complexity index is 108. The number of halogens is 1. The van der Waals surface area contributed by atoms with E-state index in [2.05, 4.69) is 4.99 Å². The third-order valence-electron chi connectivity index (χ3n) is 0.578. The highest BCUT2D eigenvalue weighted by molar-refractivity contribution is 6.14. The maximum Gasteiger partial charge on any atom is 0.176 e. The van der Waals surface area contributed by atoms with Crippen LogP contribution in [0.4, 0.5) is 0 Å². The molecule has 0 bridgehead atoms. The molecular weight excluding hydrogens is 112 g/mol. The predicted molar refractivity (Wildman–Crippen MR) is 29.6 cm³/mol. The fraction of sp³-hybridized carbons (Fsp3) is 0. The largest absolute Gasteiger partial charge is 0.264 e. The molecule has 2 nitrogen and oxygen atoms in total. The zero-order valence-corrected chi connectivity index (χ0v) is 4.34. The van der Waals surface area contributed by atoms with Gasteiger partial charge in [0.15, 0.2) is 6.67 Å². The summed E-state index contributed by atoms with van der Waals surface area (Å²) in [4.78, 5) is 3.72. The summed E-state index contributed by atoms with van der Waals surface area (Å²) in [6.45, 7) is 1.52. The number of aliphatic imine (C=N–C) groups is 1. The normalized spacial score (nSPS) is 18.1. The van der Waals surface area contributed by atoms with Gasteiger partial charge >= 0.3 is 0 Å². The lowest BCUT2D eigenvalue weighted by molar-refractivity contribution is 0.720. The van der Waals surface area contributed by atoms with Crippen molar-refractivity contribution in [3.8, 4) is 0 Å². The summed E-state index contributed by atoms with van der Waals surface area (Å²) in [6.07, 6.45) is 5.13. The van der Waals surface area contributed by atoms with E-state index in [1.54, 1.807) is 18.5 Å². The van der Waals surface area contributed by atoms with Crippen LogP contribution in [0.2, 0.25) is 0 Å². The minimum atomic E-state index is 1.36. The molecule has 3 heteroatoms. The van der Waals surface area contributed by atoms with Crippen molar-refractivity contribution in [2.75, 3.05) is 0 Å². The molecule has 1 radical (unpaired) electrons. The molecule has 1 aliphatic rings. The molecule has 0 atom stereocenters. The van der Waals surface area contributed by atoms with Crippen molar-refractivity contribution in [2.45, 2.75) is 0 Å². The van der Waals surface area contributed by atoms with Crippen molar-refractivity contribution < 1.29 is 0 Å². The van der Waals surface area contributed by atoms with Crippen LogP contribution in [0.1, 0.15) is 0 Å². The summed E-state index contributed by atoms with van der Waals surface area (Å²) in [5.41, 5.74) is 0. The number of rotatable bonds is 0. The number of allylic oxidation sites excluding steroid dienone is 1. The van der Waals surface area contributed by atoms with Gasteiger partial charge < -0.3 is 0 Å².